The first-order valence-corrected chi connectivity index (χ1v) is 8.30. The van der Waals surface area contributed by atoms with Gasteiger partial charge in [0.25, 0.3) is 5.91 Å². The molecule has 24 heavy (non-hydrogen) atoms. The molecule has 0 spiro atoms. The third-order valence-electron chi connectivity index (χ3n) is 4.55. The number of ether oxygens (including phenoxy) is 1. The van der Waals surface area contributed by atoms with Crippen LogP contribution in [0.5, 0.6) is 5.75 Å². The molecule has 0 atom stereocenters. The van der Waals surface area contributed by atoms with Gasteiger partial charge in [0, 0.05) is 31.4 Å². The molecule has 5 heteroatoms. The van der Waals surface area contributed by atoms with Crippen molar-refractivity contribution in [2.75, 3.05) is 13.7 Å². The number of hydrogen-bond donors (Lipinski definition) is 0. The molecular weight excluding hydrogens is 302 g/mol. The van der Waals surface area contributed by atoms with E-state index in [-0.39, 0.29) is 12.5 Å². The standard InChI is InChI=1S/C19H27N3O2/c1-7-22-16(5)17(10-20-22)11-21(6)18(23)12-24-19-14(3)9-8-13(2)15(19)4/h8-10H,7,11-12H2,1-6H3. The highest BCUT2D eigenvalue weighted by Gasteiger charge is 2.15. The molecule has 0 aliphatic rings. The Labute approximate surface area is 144 Å². The molecule has 0 saturated carbocycles. The molecule has 0 N–H and O–H groups in total. The Balaban J connectivity index is 2.00. The number of carbonyl (C=O) groups is 1. The number of hydrogen-bond acceptors (Lipinski definition) is 3. The van der Waals surface area contributed by atoms with Gasteiger partial charge in [0.1, 0.15) is 5.75 Å². The quantitative estimate of drug-likeness (QED) is 0.818. The average molecular weight is 329 g/mol. The lowest BCUT2D eigenvalue weighted by Crippen LogP contribution is -2.31. The second-order valence-corrected chi connectivity index (χ2v) is 6.26. The van der Waals surface area contributed by atoms with E-state index in [0.717, 1.165) is 34.7 Å². The van der Waals surface area contributed by atoms with E-state index in [1.807, 2.05) is 44.6 Å². The number of aromatic nitrogens is 2. The van der Waals surface area contributed by atoms with Crippen LogP contribution < -0.4 is 4.74 Å². The van der Waals surface area contributed by atoms with E-state index in [1.54, 1.807) is 11.9 Å². The van der Waals surface area contributed by atoms with Crippen molar-refractivity contribution >= 4 is 5.91 Å². The van der Waals surface area contributed by atoms with Crippen molar-refractivity contribution in [3.05, 3.63) is 46.3 Å². The van der Waals surface area contributed by atoms with Gasteiger partial charge in [0.2, 0.25) is 0 Å². The lowest BCUT2D eigenvalue weighted by Gasteiger charge is -2.19. The number of amides is 1. The molecular formula is C19H27N3O2. The minimum Gasteiger partial charge on any atom is -0.483 e. The maximum atomic E-state index is 12.4. The largest absolute Gasteiger partial charge is 0.483 e. The van der Waals surface area contributed by atoms with Gasteiger partial charge in [-0.15, -0.1) is 0 Å². The fourth-order valence-corrected chi connectivity index (χ4v) is 2.69. The summed E-state index contributed by atoms with van der Waals surface area (Å²) in [5.74, 6) is 0.769. The van der Waals surface area contributed by atoms with Crippen LogP contribution in [-0.2, 0) is 17.9 Å². The van der Waals surface area contributed by atoms with Crippen molar-refractivity contribution in [3.8, 4) is 5.75 Å². The van der Waals surface area contributed by atoms with Crippen LogP contribution in [0, 0.1) is 27.7 Å². The summed E-state index contributed by atoms with van der Waals surface area (Å²) in [7, 11) is 1.80. The van der Waals surface area contributed by atoms with Crippen molar-refractivity contribution in [1.82, 2.24) is 14.7 Å². The monoisotopic (exact) mass is 329 g/mol. The maximum Gasteiger partial charge on any atom is 0.260 e. The van der Waals surface area contributed by atoms with E-state index in [4.69, 9.17) is 4.74 Å². The Kier molecular flexibility index (Phi) is 5.65. The Morgan fingerprint density at radius 1 is 1.21 bits per heavy atom. The third-order valence-corrected chi connectivity index (χ3v) is 4.55. The summed E-state index contributed by atoms with van der Waals surface area (Å²) in [6, 6.07) is 4.09. The zero-order chi connectivity index (χ0) is 17.9. The first-order chi connectivity index (χ1) is 11.3. The van der Waals surface area contributed by atoms with Crippen LogP contribution in [0.15, 0.2) is 18.3 Å². The molecule has 0 aliphatic carbocycles. The minimum atomic E-state index is -0.0426. The maximum absolute atomic E-state index is 12.4. The molecule has 2 rings (SSSR count). The van der Waals surface area contributed by atoms with Crippen LogP contribution in [0.2, 0.25) is 0 Å². The molecule has 5 nitrogen and oxygen atoms in total. The predicted molar refractivity (Wildman–Crippen MR) is 95.3 cm³/mol. The van der Waals surface area contributed by atoms with Crippen molar-refractivity contribution in [3.63, 3.8) is 0 Å². The number of rotatable bonds is 6. The molecule has 1 heterocycles. The van der Waals surface area contributed by atoms with Crippen LogP contribution >= 0.6 is 0 Å². The molecule has 0 fully saturated rings. The summed E-state index contributed by atoms with van der Waals surface area (Å²) in [5, 5.41) is 4.32. The molecule has 130 valence electrons. The third kappa shape index (κ3) is 3.78. The van der Waals surface area contributed by atoms with Gasteiger partial charge in [-0.2, -0.15) is 5.10 Å². The van der Waals surface area contributed by atoms with E-state index in [0.29, 0.717) is 6.54 Å². The lowest BCUT2D eigenvalue weighted by molar-refractivity contribution is -0.132. The molecule has 0 unspecified atom stereocenters. The highest BCUT2D eigenvalue weighted by Crippen LogP contribution is 2.25. The first-order valence-electron chi connectivity index (χ1n) is 8.30. The van der Waals surface area contributed by atoms with Crippen LogP contribution in [0.3, 0.4) is 0 Å². The predicted octanol–water partition coefficient (Wildman–Crippen LogP) is 3.17. The highest BCUT2D eigenvalue weighted by molar-refractivity contribution is 5.77. The fraction of sp³-hybridized carbons (Fsp3) is 0.474. The minimum absolute atomic E-state index is 0.0426. The van der Waals surface area contributed by atoms with E-state index in [9.17, 15) is 4.79 Å². The zero-order valence-electron chi connectivity index (χ0n) is 15.5. The van der Waals surface area contributed by atoms with Crippen molar-refractivity contribution in [2.24, 2.45) is 0 Å². The van der Waals surface area contributed by atoms with Crippen LogP contribution in [0.4, 0.5) is 0 Å². The van der Waals surface area contributed by atoms with Gasteiger partial charge in [-0.05, 0) is 51.3 Å². The van der Waals surface area contributed by atoms with Crippen LogP contribution in [-0.4, -0.2) is 34.2 Å². The molecule has 1 amide bonds. The van der Waals surface area contributed by atoms with Gasteiger partial charge in [0.05, 0.1) is 6.20 Å². The summed E-state index contributed by atoms with van der Waals surface area (Å²) >= 11 is 0. The Hall–Kier alpha value is -2.30. The van der Waals surface area contributed by atoms with E-state index < -0.39 is 0 Å². The lowest BCUT2D eigenvalue weighted by atomic mass is 10.1. The zero-order valence-corrected chi connectivity index (χ0v) is 15.5. The number of likely N-dealkylation sites (N-methyl/N-ethyl adjacent to an activating group) is 1. The Morgan fingerprint density at radius 3 is 2.50 bits per heavy atom. The summed E-state index contributed by atoms with van der Waals surface area (Å²) < 4.78 is 7.75. The molecule has 0 saturated heterocycles. The second kappa shape index (κ2) is 7.51. The van der Waals surface area contributed by atoms with Gasteiger partial charge in [-0.1, -0.05) is 12.1 Å². The van der Waals surface area contributed by atoms with Gasteiger partial charge >= 0.3 is 0 Å². The molecule has 1 aromatic heterocycles. The van der Waals surface area contributed by atoms with Gasteiger partial charge in [-0.25, -0.2) is 0 Å². The van der Waals surface area contributed by atoms with Crippen LogP contribution in [0.25, 0.3) is 0 Å². The summed E-state index contributed by atoms with van der Waals surface area (Å²) in [6.07, 6.45) is 1.83. The molecule has 0 bridgehead atoms. The van der Waals surface area contributed by atoms with E-state index >= 15 is 0 Å². The van der Waals surface area contributed by atoms with Crippen molar-refractivity contribution < 1.29 is 9.53 Å². The highest BCUT2D eigenvalue weighted by atomic mass is 16.5. The Bertz CT molecular complexity index is 734. The van der Waals surface area contributed by atoms with Crippen molar-refractivity contribution in [1.29, 1.82) is 0 Å². The van der Waals surface area contributed by atoms with E-state index in [1.165, 1.54) is 5.56 Å². The van der Waals surface area contributed by atoms with Crippen LogP contribution in [0.1, 0.15) is 34.9 Å². The summed E-state index contributed by atoms with van der Waals surface area (Å²) in [5.41, 5.74) is 5.47. The summed E-state index contributed by atoms with van der Waals surface area (Å²) in [6.45, 7) is 11.6. The van der Waals surface area contributed by atoms with Crippen molar-refractivity contribution in [2.45, 2.75) is 47.7 Å². The smallest absolute Gasteiger partial charge is 0.260 e. The molecule has 1 aromatic carbocycles. The SMILES string of the molecule is CCn1ncc(CN(C)C(=O)COc2c(C)ccc(C)c2C)c1C. The normalized spacial score (nSPS) is 10.8. The number of carbonyl (C=O) groups excluding carboxylic acids is 1. The topological polar surface area (TPSA) is 47.4 Å². The fourth-order valence-electron chi connectivity index (χ4n) is 2.69. The van der Waals surface area contributed by atoms with Gasteiger partial charge in [0.15, 0.2) is 6.61 Å². The number of aryl methyl sites for hydroxylation is 3. The second-order valence-electron chi connectivity index (χ2n) is 6.26. The molecule has 0 radical (unpaired) electrons. The van der Waals surface area contributed by atoms with E-state index in [2.05, 4.69) is 18.1 Å². The first kappa shape index (κ1) is 18.0. The number of benzene rings is 1. The number of nitrogens with zero attached hydrogens (tertiary/aromatic N) is 3. The molecule has 0 aliphatic heterocycles. The van der Waals surface area contributed by atoms with Gasteiger partial charge < -0.3 is 9.64 Å². The van der Waals surface area contributed by atoms with Gasteiger partial charge in [-0.3, -0.25) is 9.48 Å². The Morgan fingerprint density at radius 2 is 1.88 bits per heavy atom. The molecule has 2 aromatic rings. The average Bonchev–Trinajstić information content (AvgIpc) is 2.91. The summed E-state index contributed by atoms with van der Waals surface area (Å²) in [4.78, 5) is 14.1.